The van der Waals surface area contributed by atoms with Gasteiger partial charge in [0.2, 0.25) is 0 Å². The van der Waals surface area contributed by atoms with E-state index in [1.54, 1.807) is 12.3 Å². The number of hydrogen-bond acceptors (Lipinski definition) is 5. The Morgan fingerprint density at radius 1 is 1.26 bits per heavy atom. The number of aromatic carboxylic acids is 1. The summed E-state index contributed by atoms with van der Waals surface area (Å²) in [6.45, 7) is 6.19. The lowest BCUT2D eigenvalue weighted by Gasteiger charge is -2.13. The average Bonchev–Trinajstić information content (AvgIpc) is 2.93. The van der Waals surface area contributed by atoms with E-state index in [1.807, 2.05) is 0 Å². The van der Waals surface area contributed by atoms with Gasteiger partial charge in [-0.1, -0.05) is 20.8 Å². The van der Waals surface area contributed by atoms with Crippen LogP contribution < -0.4 is 0 Å². The lowest BCUT2D eigenvalue weighted by molar-refractivity contribution is 0.0696. The van der Waals surface area contributed by atoms with E-state index in [9.17, 15) is 14.7 Å². The van der Waals surface area contributed by atoms with Gasteiger partial charge in [-0.25, -0.2) is 9.78 Å². The van der Waals surface area contributed by atoms with Gasteiger partial charge < -0.3 is 10.2 Å². The largest absolute Gasteiger partial charge is 0.507 e. The number of aromatic nitrogens is 1. The van der Waals surface area contributed by atoms with Crippen LogP contribution in [0.1, 0.15) is 51.4 Å². The highest BCUT2D eigenvalue weighted by atomic mass is 32.1. The molecule has 2 N–H and O–H groups in total. The maximum Gasteiger partial charge on any atom is 0.335 e. The van der Waals surface area contributed by atoms with Crippen LogP contribution in [0.4, 0.5) is 0 Å². The number of carboxylic acids is 1. The fourth-order valence-corrected chi connectivity index (χ4v) is 2.71. The van der Waals surface area contributed by atoms with E-state index in [4.69, 9.17) is 5.11 Å². The molecule has 6 heteroatoms. The van der Waals surface area contributed by atoms with E-state index >= 15 is 0 Å². The summed E-state index contributed by atoms with van der Waals surface area (Å²) >= 11 is 1.50. The number of ketones is 1. The molecule has 1 aromatic heterocycles. The number of carboxylic acid groups (broad SMARTS) is 1. The summed E-state index contributed by atoms with van der Waals surface area (Å²) in [5, 5.41) is 19.6. The molecule has 0 bridgehead atoms. The first-order valence-electron chi connectivity index (χ1n) is 6.93. The number of phenols is 1. The van der Waals surface area contributed by atoms with Crippen molar-refractivity contribution in [2.45, 2.75) is 26.2 Å². The van der Waals surface area contributed by atoms with E-state index in [0.717, 1.165) is 16.0 Å². The quantitative estimate of drug-likeness (QED) is 0.658. The maximum atomic E-state index is 12.1. The molecular formula is C17H17NO4S. The van der Waals surface area contributed by atoms with Crippen LogP contribution in [0.25, 0.3) is 6.08 Å². The van der Waals surface area contributed by atoms with Gasteiger partial charge in [-0.2, -0.15) is 0 Å². The van der Waals surface area contributed by atoms with Gasteiger partial charge in [-0.3, -0.25) is 4.79 Å². The number of rotatable bonds is 4. The topological polar surface area (TPSA) is 87.5 Å². The minimum atomic E-state index is -1.16. The van der Waals surface area contributed by atoms with Crippen LogP contribution in [-0.2, 0) is 5.41 Å². The van der Waals surface area contributed by atoms with Crippen molar-refractivity contribution in [3.8, 4) is 5.75 Å². The molecule has 0 radical (unpaired) electrons. The molecule has 2 aromatic rings. The molecule has 1 heterocycles. The second-order valence-electron chi connectivity index (χ2n) is 6.05. The lowest BCUT2D eigenvalue weighted by Crippen LogP contribution is -2.09. The highest BCUT2D eigenvalue weighted by Gasteiger charge is 2.17. The molecule has 0 saturated heterocycles. The summed E-state index contributed by atoms with van der Waals surface area (Å²) in [5.41, 5.74) is -0.0572. The molecule has 0 aliphatic carbocycles. The summed E-state index contributed by atoms with van der Waals surface area (Å²) in [4.78, 5) is 28.1. The van der Waals surface area contributed by atoms with Gasteiger partial charge in [-0.05, 0) is 30.4 Å². The van der Waals surface area contributed by atoms with E-state index in [-0.39, 0.29) is 22.3 Å². The minimum Gasteiger partial charge on any atom is -0.507 e. The third-order valence-electron chi connectivity index (χ3n) is 3.07. The molecule has 1 aromatic carbocycles. The summed E-state index contributed by atoms with van der Waals surface area (Å²) < 4.78 is 0. The molecule has 0 aliphatic rings. The Hall–Kier alpha value is -2.47. The Balaban J connectivity index is 2.19. The van der Waals surface area contributed by atoms with Gasteiger partial charge >= 0.3 is 5.97 Å². The first kappa shape index (κ1) is 16.9. The number of carbonyl (C=O) groups is 2. The lowest BCUT2D eigenvalue weighted by atomic mass is 9.98. The molecular weight excluding hydrogens is 314 g/mol. The van der Waals surface area contributed by atoms with Gasteiger partial charge in [0.05, 0.1) is 16.1 Å². The molecule has 0 unspecified atom stereocenters. The highest BCUT2D eigenvalue weighted by molar-refractivity contribution is 7.12. The molecule has 23 heavy (non-hydrogen) atoms. The van der Waals surface area contributed by atoms with E-state index in [0.29, 0.717) is 0 Å². The van der Waals surface area contributed by atoms with E-state index in [1.165, 1.54) is 29.5 Å². The Morgan fingerprint density at radius 3 is 2.48 bits per heavy atom. The number of hydrogen-bond donors (Lipinski definition) is 2. The van der Waals surface area contributed by atoms with Crippen LogP contribution in [0.15, 0.2) is 30.5 Å². The van der Waals surface area contributed by atoms with Crippen LogP contribution in [-0.4, -0.2) is 26.9 Å². The van der Waals surface area contributed by atoms with E-state index < -0.39 is 11.8 Å². The Labute approximate surface area is 137 Å². The van der Waals surface area contributed by atoms with Crippen molar-refractivity contribution in [1.82, 2.24) is 4.98 Å². The molecule has 5 nitrogen and oxygen atoms in total. The number of benzene rings is 1. The molecule has 2 rings (SSSR count). The molecule has 0 saturated carbocycles. The monoisotopic (exact) mass is 331 g/mol. The predicted octanol–water partition coefficient (Wildman–Crippen LogP) is 3.74. The van der Waals surface area contributed by atoms with Gasteiger partial charge in [0.1, 0.15) is 5.75 Å². The predicted molar refractivity (Wildman–Crippen MR) is 89.2 cm³/mol. The second kappa shape index (κ2) is 6.34. The van der Waals surface area contributed by atoms with Gasteiger partial charge in [0.25, 0.3) is 0 Å². The Morgan fingerprint density at radius 2 is 1.96 bits per heavy atom. The smallest absolute Gasteiger partial charge is 0.335 e. The number of carbonyl (C=O) groups excluding carboxylic acids is 1. The van der Waals surface area contributed by atoms with E-state index in [2.05, 4.69) is 25.8 Å². The molecule has 0 amide bonds. The van der Waals surface area contributed by atoms with Crippen LogP contribution in [0, 0.1) is 0 Å². The minimum absolute atomic E-state index is 0.0499. The molecule has 0 spiro atoms. The number of nitrogens with zero attached hydrogens (tertiary/aromatic N) is 1. The fraction of sp³-hybridized carbons (Fsp3) is 0.235. The molecule has 120 valence electrons. The van der Waals surface area contributed by atoms with Crippen LogP contribution >= 0.6 is 11.3 Å². The van der Waals surface area contributed by atoms with Crippen LogP contribution in [0.5, 0.6) is 5.75 Å². The zero-order valence-corrected chi connectivity index (χ0v) is 13.8. The summed E-state index contributed by atoms with van der Waals surface area (Å²) in [7, 11) is 0. The molecule has 0 aliphatic heterocycles. The maximum absolute atomic E-state index is 12.1. The summed E-state index contributed by atoms with van der Waals surface area (Å²) in [6.07, 6.45) is 4.68. The Kier molecular flexibility index (Phi) is 4.65. The fourth-order valence-electron chi connectivity index (χ4n) is 1.83. The number of phenolic OH excluding ortho intramolecular Hbond substituents is 1. The van der Waals surface area contributed by atoms with Gasteiger partial charge in [-0.15, -0.1) is 11.3 Å². The Bertz CT molecular complexity index is 784. The number of aromatic hydroxyl groups is 1. The van der Waals surface area contributed by atoms with Crippen molar-refractivity contribution in [2.75, 3.05) is 0 Å². The standard InChI is InChI=1S/C17H17NO4S/c1-17(2,3)16-18-9-11(23-16)5-7-13(19)12-6-4-10(15(21)22)8-14(12)20/h4-9,20H,1-3H3,(H,21,22)/b7-5+. The van der Waals surface area contributed by atoms with Crippen molar-refractivity contribution in [3.63, 3.8) is 0 Å². The average molecular weight is 331 g/mol. The van der Waals surface area contributed by atoms with Crippen molar-refractivity contribution in [3.05, 3.63) is 51.5 Å². The highest BCUT2D eigenvalue weighted by Crippen LogP contribution is 2.27. The van der Waals surface area contributed by atoms with Crippen molar-refractivity contribution in [1.29, 1.82) is 0 Å². The third kappa shape index (κ3) is 4.04. The normalized spacial score (nSPS) is 11.8. The van der Waals surface area contributed by atoms with Crippen molar-refractivity contribution >= 4 is 29.2 Å². The summed E-state index contributed by atoms with van der Waals surface area (Å²) in [5.74, 6) is -1.90. The third-order valence-corrected chi connectivity index (χ3v) is 4.46. The molecule has 0 fully saturated rings. The summed E-state index contributed by atoms with van der Waals surface area (Å²) in [6, 6.07) is 3.65. The van der Waals surface area contributed by atoms with Crippen molar-refractivity contribution in [2.24, 2.45) is 0 Å². The number of thiazole rings is 1. The van der Waals surface area contributed by atoms with Crippen LogP contribution in [0.3, 0.4) is 0 Å². The van der Waals surface area contributed by atoms with Crippen LogP contribution in [0.2, 0.25) is 0 Å². The first-order chi connectivity index (χ1) is 10.7. The first-order valence-corrected chi connectivity index (χ1v) is 7.75. The number of allylic oxidation sites excluding steroid dienone is 1. The zero-order valence-electron chi connectivity index (χ0n) is 13.0. The van der Waals surface area contributed by atoms with Crippen molar-refractivity contribution < 1.29 is 19.8 Å². The van der Waals surface area contributed by atoms with Gasteiger partial charge in [0.15, 0.2) is 5.78 Å². The second-order valence-corrected chi connectivity index (χ2v) is 7.11. The SMILES string of the molecule is CC(C)(C)c1ncc(/C=C/C(=O)c2ccc(C(=O)O)cc2O)s1. The van der Waals surface area contributed by atoms with Gasteiger partial charge in [0, 0.05) is 16.5 Å². The zero-order chi connectivity index (χ0) is 17.2. The molecule has 0 atom stereocenters.